The zero-order valence-electron chi connectivity index (χ0n) is 11.0. The second kappa shape index (κ2) is 4.92. The van der Waals surface area contributed by atoms with Crippen molar-refractivity contribution in [2.75, 3.05) is 0 Å². The molecule has 3 nitrogen and oxygen atoms in total. The fraction of sp³-hybridized carbons (Fsp3) is 0.429. The lowest BCUT2D eigenvalue weighted by Gasteiger charge is -2.25. The lowest BCUT2D eigenvalue weighted by Crippen LogP contribution is -2.45. The molecule has 6 heteroatoms. The van der Waals surface area contributed by atoms with Gasteiger partial charge in [0.15, 0.2) is 11.2 Å². The molecule has 20 heavy (non-hydrogen) atoms. The molecule has 0 radical (unpaired) electrons. The van der Waals surface area contributed by atoms with Crippen molar-refractivity contribution in [3.63, 3.8) is 0 Å². The zero-order chi connectivity index (χ0) is 15.1. The van der Waals surface area contributed by atoms with Crippen LogP contribution in [0.3, 0.4) is 0 Å². The highest BCUT2D eigenvalue weighted by molar-refractivity contribution is 6.16. The van der Waals surface area contributed by atoms with E-state index in [1.165, 1.54) is 13.8 Å². The molecular formula is C14H13F3O3. The summed E-state index contributed by atoms with van der Waals surface area (Å²) in [5.41, 5.74) is -2.50. The Bertz CT molecular complexity index is 569. The number of carbonyl (C=O) groups is 2. The number of fused-ring (bicyclic) bond motifs is 1. The van der Waals surface area contributed by atoms with Gasteiger partial charge >= 0.3 is 5.97 Å². The van der Waals surface area contributed by atoms with E-state index in [1.807, 2.05) is 0 Å². The van der Waals surface area contributed by atoms with Gasteiger partial charge in [0.05, 0.1) is 6.10 Å². The highest BCUT2D eigenvalue weighted by Crippen LogP contribution is 2.43. The number of esters is 1. The minimum atomic E-state index is -3.21. The SMILES string of the molecule is CC(C)OC(=O)C1(C(F)F)Cc2cc(F)ccc2C1=O. The summed E-state index contributed by atoms with van der Waals surface area (Å²) in [6.45, 7) is 3.01. The average Bonchev–Trinajstić information content (AvgIpc) is 2.62. The van der Waals surface area contributed by atoms with E-state index in [0.717, 1.165) is 18.2 Å². The Kier molecular flexibility index (Phi) is 3.58. The lowest BCUT2D eigenvalue weighted by molar-refractivity contribution is -0.164. The molecule has 0 saturated carbocycles. The fourth-order valence-corrected chi connectivity index (χ4v) is 2.30. The monoisotopic (exact) mass is 286 g/mol. The normalized spacial score (nSPS) is 21.4. The van der Waals surface area contributed by atoms with Gasteiger partial charge < -0.3 is 4.74 Å². The molecule has 0 aliphatic heterocycles. The van der Waals surface area contributed by atoms with Gasteiger partial charge in [0.1, 0.15) is 5.82 Å². The molecule has 0 aromatic heterocycles. The molecule has 108 valence electrons. The maximum absolute atomic E-state index is 13.4. The number of hydrogen-bond acceptors (Lipinski definition) is 3. The summed E-state index contributed by atoms with van der Waals surface area (Å²) in [6.07, 6.45) is -4.37. The van der Waals surface area contributed by atoms with E-state index >= 15 is 0 Å². The summed E-state index contributed by atoms with van der Waals surface area (Å²) in [5.74, 6) is -2.91. The molecule has 0 N–H and O–H groups in total. The summed E-state index contributed by atoms with van der Waals surface area (Å²) in [6, 6.07) is 3.13. The Balaban J connectivity index is 2.48. The number of hydrogen-bond donors (Lipinski definition) is 0. The Morgan fingerprint density at radius 1 is 1.35 bits per heavy atom. The van der Waals surface area contributed by atoms with Crippen LogP contribution in [-0.4, -0.2) is 24.3 Å². The van der Waals surface area contributed by atoms with Gasteiger partial charge in [-0.05, 0) is 37.6 Å². The molecule has 0 amide bonds. The molecule has 1 aromatic rings. The van der Waals surface area contributed by atoms with E-state index in [4.69, 9.17) is 4.74 Å². The van der Waals surface area contributed by atoms with Crippen LogP contribution in [0.1, 0.15) is 29.8 Å². The van der Waals surface area contributed by atoms with Gasteiger partial charge in [-0.25, -0.2) is 13.2 Å². The van der Waals surface area contributed by atoms with E-state index in [9.17, 15) is 22.8 Å². The first kappa shape index (κ1) is 14.6. The van der Waals surface area contributed by atoms with Crippen LogP contribution in [0.4, 0.5) is 13.2 Å². The van der Waals surface area contributed by atoms with Crippen LogP contribution in [0, 0.1) is 11.2 Å². The molecule has 1 aromatic carbocycles. The van der Waals surface area contributed by atoms with Gasteiger partial charge in [0.25, 0.3) is 6.43 Å². The third kappa shape index (κ3) is 2.09. The summed E-state index contributed by atoms with van der Waals surface area (Å²) in [7, 11) is 0. The van der Waals surface area contributed by atoms with E-state index in [1.54, 1.807) is 0 Å². The summed E-state index contributed by atoms with van der Waals surface area (Å²) < 4.78 is 44.7. The first-order chi connectivity index (χ1) is 9.29. The van der Waals surface area contributed by atoms with Crippen LogP contribution in [0.5, 0.6) is 0 Å². The van der Waals surface area contributed by atoms with Crippen LogP contribution in [-0.2, 0) is 16.0 Å². The summed E-state index contributed by atoms with van der Waals surface area (Å²) >= 11 is 0. The van der Waals surface area contributed by atoms with Crippen molar-refractivity contribution in [3.8, 4) is 0 Å². The smallest absolute Gasteiger partial charge is 0.326 e. The largest absolute Gasteiger partial charge is 0.462 e. The highest BCUT2D eigenvalue weighted by Gasteiger charge is 2.59. The third-order valence-electron chi connectivity index (χ3n) is 3.27. The standard InChI is InChI=1S/C14H13F3O3/c1-7(2)20-13(19)14(12(16)17)6-8-5-9(15)3-4-10(8)11(14)18/h3-5,7,12H,6H2,1-2H3. The van der Waals surface area contributed by atoms with Crippen LogP contribution in [0.25, 0.3) is 0 Å². The maximum atomic E-state index is 13.4. The predicted molar refractivity (Wildman–Crippen MR) is 64.1 cm³/mol. The van der Waals surface area contributed by atoms with Crippen molar-refractivity contribution in [2.45, 2.75) is 32.8 Å². The Hall–Kier alpha value is -1.85. The highest BCUT2D eigenvalue weighted by atomic mass is 19.3. The summed E-state index contributed by atoms with van der Waals surface area (Å²) in [4.78, 5) is 24.2. The van der Waals surface area contributed by atoms with E-state index < -0.39 is 41.9 Å². The number of alkyl halides is 2. The molecule has 0 spiro atoms. The molecule has 1 atom stereocenters. The Morgan fingerprint density at radius 3 is 2.55 bits per heavy atom. The van der Waals surface area contributed by atoms with Gasteiger partial charge in [-0.15, -0.1) is 0 Å². The van der Waals surface area contributed by atoms with E-state index in [2.05, 4.69) is 0 Å². The van der Waals surface area contributed by atoms with Crippen molar-refractivity contribution < 1.29 is 27.5 Å². The summed E-state index contributed by atoms with van der Waals surface area (Å²) in [5, 5.41) is 0. The van der Waals surface area contributed by atoms with Crippen LogP contribution < -0.4 is 0 Å². The number of rotatable bonds is 3. The second-order valence-corrected chi connectivity index (χ2v) is 5.03. The fourth-order valence-electron chi connectivity index (χ4n) is 2.30. The van der Waals surface area contributed by atoms with Crippen molar-refractivity contribution in [1.82, 2.24) is 0 Å². The van der Waals surface area contributed by atoms with Crippen LogP contribution >= 0.6 is 0 Å². The minimum Gasteiger partial charge on any atom is -0.462 e. The third-order valence-corrected chi connectivity index (χ3v) is 3.27. The maximum Gasteiger partial charge on any atom is 0.326 e. The molecule has 0 saturated heterocycles. The van der Waals surface area contributed by atoms with Crippen molar-refractivity contribution in [2.24, 2.45) is 5.41 Å². The van der Waals surface area contributed by atoms with E-state index in [0.29, 0.717) is 0 Å². The van der Waals surface area contributed by atoms with Gasteiger partial charge in [-0.3, -0.25) is 9.59 Å². The molecule has 2 rings (SSSR count). The van der Waals surface area contributed by atoms with Crippen LogP contribution in [0.15, 0.2) is 18.2 Å². The number of Topliss-reactive ketones (excluding diaryl/α,β-unsaturated/α-hetero) is 1. The van der Waals surface area contributed by atoms with Gasteiger partial charge in [-0.1, -0.05) is 0 Å². The first-order valence-corrected chi connectivity index (χ1v) is 6.11. The molecule has 1 aliphatic rings. The van der Waals surface area contributed by atoms with Crippen molar-refractivity contribution >= 4 is 11.8 Å². The van der Waals surface area contributed by atoms with Crippen molar-refractivity contribution in [1.29, 1.82) is 0 Å². The zero-order valence-corrected chi connectivity index (χ0v) is 11.0. The molecule has 1 unspecified atom stereocenters. The minimum absolute atomic E-state index is 0.0487. The number of carbonyl (C=O) groups excluding carboxylic acids is 2. The van der Waals surface area contributed by atoms with Gasteiger partial charge in [-0.2, -0.15) is 0 Å². The molecule has 0 fully saturated rings. The van der Waals surface area contributed by atoms with Crippen LogP contribution in [0.2, 0.25) is 0 Å². The molecule has 0 bridgehead atoms. The van der Waals surface area contributed by atoms with Gasteiger partial charge in [0.2, 0.25) is 0 Å². The predicted octanol–water partition coefficient (Wildman–Crippen LogP) is 2.77. The Labute approximate surface area is 113 Å². The number of ether oxygens (including phenoxy) is 1. The number of ketones is 1. The second-order valence-electron chi connectivity index (χ2n) is 5.03. The lowest BCUT2D eigenvalue weighted by atomic mass is 9.84. The number of halogens is 3. The molecule has 0 heterocycles. The number of benzene rings is 1. The Morgan fingerprint density at radius 2 is 2.00 bits per heavy atom. The van der Waals surface area contributed by atoms with Gasteiger partial charge in [0, 0.05) is 12.0 Å². The van der Waals surface area contributed by atoms with E-state index in [-0.39, 0.29) is 11.1 Å². The van der Waals surface area contributed by atoms with Crippen molar-refractivity contribution in [3.05, 3.63) is 35.1 Å². The molecule has 1 aliphatic carbocycles. The molecular weight excluding hydrogens is 273 g/mol. The first-order valence-electron chi connectivity index (χ1n) is 6.11. The topological polar surface area (TPSA) is 43.4 Å². The average molecular weight is 286 g/mol. The quantitative estimate of drug-likeness (QED) is 0.634.